The van der Waals surface area contributed by atoms with Gasteiger partial charge in [-0.15, -0.1) is 0 Å². The lowest BCUT2D eigenvalue weighted by Crippen LogP contribution is -2.42. The molecule has 0 fully saturated rings. The highest BCUT2D eigenvalue weighted by atomic mass is 32.2. The summed E-state index contributed by atoms with van der Waals surface area (Å²) in [6.45, 7) is 25.1. The van der Waals surface area contributed by atoms with Gasteiger partial charge in [-0.3, -0.25) is 8.37 Å². The van der Waals surface area contributed by atoms with Crippen LogP contribution in [0.5, 0.6) is 0 Å². The van der Waals surface area contributed by atoms with Gasteiger partial charge in [-0.2, -0.15) is 16.8 Å². The van der Waals surface area contributed by atoms with Gasteiger partial charge in [0, 0.05) is 112 Å². The van der Waals surface area contributed by atoms with Gasteiger partial charge in [0.2, 0.25) is 0 Å². The second-order valence-electron chi connectivity index (χ2n) is 26.4. The van der Waals surface area contributed by atoms with Crippen LogP contribution < -0.4 is 17.2 Å². The molecule has 3 aromatic rings. The lowest BCUT2D eigenvalue weighted by Gasteiger charge is -2.33. The van der Waals surface area contributed by atoms with Gasteiger partial charge in [-0.05, 0) is 154 Å². The fraction of sp³-hybridized carbons (Fsp3) is 0.766. The van der Waals surface area contributed by atoms with E-state index in [4.69, 9.17) is 103 Å². The quantitative estimate of drug-likeness (QED) is 0.0206. The smallest absolute Gasteiger partial charge is 0.296 e. The van der Waals surface area contributed by atoms with Crippen molar-refractivity contribution in [1.82, 2.24) is 0 Å². The first-order chi connectivity index (χ1) is 51.0. The number of unbranched alkanes of at least 4 members (excludes halogenated alkanes) is 3. The number of hydrogen-bond donors (Lipinski definition) is 7. The van der Waals surface area contributed by atoms with Crippen LogP contribution in [-0.4, -0.2) is 270 Å². The number of benzene rings is 3. The Morgan fingerprint density at radius 2 is 0.477 bits per heavy atom. The van der Waals surface area contributed by atoms with E-state index < -0.39 is 40.9 Å². The summed E-state index contributed by atoms with van der Waals surface area (Å²) in [5.41, 5.74) is 18.2. The minimum atomic E-state index is -3.84. The first-order valence-electron chi connectivity index (χ1n) is 37.7. The molecule has 0 spiro atoms. The summed E-state index contributed by atoms with van der Waals surface area (Å²) >= 11 is 0. The van der Waals surface area contributed by atoms with E-state index in [0.717, 1.165) is 81.1 Å². The van der Waals surface area contributed by atoms with E-state index >= 15 is 0 Å². The molecule has 0 saturated heterocycles. The monoisotopic (exact) mass is 1590 g/mol. The van der Waals surface area contributed by atoms with Crippen LogP contribution in [-0.2, 0) is 95.3 Å². The maximum Gasteiger partial charge on any atom is 0.296 e. The molecule has 628 valence electrons. The molecular formula is C77H143N3O24S3. The van der Waals surface area contributed by atoms with Crippen molar-refractivity contribution in [2.24, 2.45) is 33.4 Å². The van der Waals surface area contributed by atoms with Gasteiger partial charge in [-0.25, -0.2) is 8.42 Å². The van der Waals surface area contributed by atoms with Crippen LogP contribution in [0.2, 0.25) is 0 Å². The number of aliphatic hydroxyl groups excluding tert-OH is 4. The highest BCUT2D eigenvalue weighted by Gasteiger charge is 2.35. The molecule has 3 rings (SSSR count). The van der Waals surface area contributed by atoms with Crippen molar-refractivity contribution in [3.63, 3.8) is 0 Å². The predicted octanol–water partition coefficient (Wildman–Crippen LogP) is 8.34. The average Bonchev–Trinajstić information content (AvgIpc) is 0.853. The van der Waals surface area contributed by atoms with Gasteiger partial charge < -0.3 is 94.5 Å². The Hall–Kier alpha value is -3.33. The van der Waals surface area contributed by atoms with Gasteiger partial charge in [-0.1, -0.05) is 101 Å². The third kappa shape index (κ3) is 55.7. The molecule has 0 unspecified atom stereocenters. The van der Waals surface area contributed by atoms with E-state index in [9.17, 15) is 25.3 Å². The average molecular weight is 1590 g/mol. The first kappa shape index (κ1) is 106. The topological polar surface area (TPSA) is 391 Å². The Kier molecular flexibility index (Phi) is 67.5. The van der Waals surface area contributed by atoms with Crippen molar-refractivity contribution < 1.29 is 111 Å². The Balaban J connectivity index is 0. The molecule has 0 aliphatic heterocycles. The summed E-state index contributed by atoms with van der Waals surface area (Å²) in [5, 5.41) is 35.5. The fourth-order valence-corrected chi connectivity index (χ4v) is 11.7. The molecule has 107 heavy (non-hydrogen) atoms. The molecule has 0 aliphatic carbocycles. The van der Waals surface area contributed by atoms with Gasteiger partial charge in [0.05, 0.1) is 123 Å². The van der Waals surface area contributed by atoms with Crippen LogP contribution in [0.3, 0.4) is 0 Å². The molecule has 30 heteroatoms. The Morgan fingerprint density at radius 3 is 0.664 bits per heavy atom. The molecular weight excluding hydrogens is 1450 g/mol. The number of sulfone groups is 1. The summed E-state index contributed by atoms with van der Waals surface area (Å²) in [7, 11) is -10.7. The maximum absolute atomic E-state index is 12.5. The highest BCUT2D eigenvalue weighted by Crippen LogP contribution is 2.25. The number of ether oxygens (including phenoxy) is 12. The molecule has 0 aromatic heterocycles. The number of aliphatic hydroxyl groups is 4. The summed E-state index contributed by atoms with van der Waals surface area (Å²) in [5.74, 6) is 0. The minimum Gasteiger partial charge on any atom is -0.396 e. The third-order valence-corrected chi connectivity index (χ3v) is 19.3. The van der Waals surface area contributed by atoms with E-state index in [0.29, 0.717) is 189 Å². The summed E-state index contributed by atoms with van der Waals surface area (Å²) in [6.07, 6.45) is 12.7. The molecule has 0 radical (unpaired) electrons. The van der Waals surface area contributed by atoms with Crippen molar-refractivity contribution in [2.75, 3.05) is 224 Å². The lowest BCUT2D eigenvalue weighted by molar-refractivity contribution is -0.109. The largest absolute Gasteiger partial charge is 0.396 e. The van der Waals surface area contributed by atoms with Crippen LogP contribution in [0.25, 0.3) is 0 Å². The van der Waals surface area contributed by atoms with Crippen LogP contribution in [0.1, 0.15) is 141 Å². The molecule has 27 nitrogen and oxygen atoms in total. The number of rotatable bonds is 67. The fourth-order valence-electron chi connectivity index (χ4n) is 9.17. The molecule has 0 saturated carbocycles. The number of nitrogens with two attached hydrogens (primary N) is 3. The molecule has 0 atom stereocenters. The van der Waals surface area contributed by atoms with Crippen molar-refractivity contribution in [1.29, 1.82) is 0 Å². The van der Waals surface area contributed by atoms with Crippen molar-refractivity contribution in [2.45, 2.75) is 160 Å². The first-order valence-corrected chi connectivity index (χ1v) is 42.4. The minimum absolute atomic E-state index is 0. The third-order valence-electron chi connectivity index (χ3n) is 15.5. The predicted molar refractivity (Wildman–Crippen MR) is 419 cm³/mol. The second-order valence-corrected chi connectivity index (χ2v) is 31.6. The molecule has 3 aromatic carbocycles. The van der Waals surface area contributed by atoms with Crippen molar-refractivity contribution in [3.8, 4) is 0 Å². The summed E-state index contributed by atoms with van der Waals surface area (Å²) in [6, 6.07) is 19.8. The Morgan fingerprint density at radius 1 is 0.290 bits per heavy atom. The molecule has 10 N–H and O–H groups in total. The van der Waals surface area contributed by atoms with Crippen molar-refractivity contribution in [3.05, 3.63) is 89.5 Å². The zero-order valence-electron chi connectivity index (χ0n) is 65.3. The highest BCUT2D eigenvalue weighted by molar-refractivity contribution is 7.90. The molecule has 0 bridgehead atoms. The van der Waals surface area contributed by atoms with E-state index in [-0.39, 0.29) is 88.7 Å². The standard InChI is InChI=1S/C33H52O10S2.C18H41N3O4.C17H36O8.C8H10O2S.CH4/c1-5-7-19-38-25-33(26-39-20-8-6-2,27-40-21-9-23-42-44(34,35)31-15-11-29(3)12-16-31)28-41-22-10-24-43-45(36,37)32-17-13-30(4)14-18-32;1-2-3-10-22-14-18(15-23-11-4-7-19,16-24-12-5-8-20)17-25-13-6-9-21;18-5-1-9-22-13-17(14-23-10-2-6-19,15-24-11-3-7-20)16-25-12-4-8-21;1-7-3-5-8(6-4-7)11(2,9)10;/h11-18H,5-10,19-28H2,1-4H3;2-17,19-21H2,1H3;18-21H,1-16H2;3-6H,1-2H3;1H4. The number of hydrogen-bond acceptors (Lipinski definition) is 27. The zero-order valence-corrected chi connectivity index (χ0v) is 67.7. The maximum atomic E-state index is 12.5. The van der Waals surface area contributed by atoms with Crippen LogP contribution in [0.4, 0.5) is 0 Å². The van der Waals surface area contributed by atoms with Crippen molar-refractivity contribution >= 4 is 30.1 Å². The van der Waals surface area contributed by atoms with E-state index in [2.05, 4.69) is 20.8 Å². The van der Waals surface area contributed by atoms with E-state index in [1.54, 1.807) is 48.5 Å². The number of aryl methyl sites for hydroxylation is 3. The molecule has 0 aliphatic rings. The summed E-state index contributed by atoms with van der Waals surface area (Å²) in [4.78, 5) is 0.622. The van der Waals surface area contributed by atoms with Gasteiger partial charge >= 0.3 is 0 Å². The molecule has 0 amide bonds. The van der Waals surface area contributed by atoms with E-state index in [1.807, 2.05) is 20.8 Å². The van der Waals surface area contributed by atoms with E-state index in [1.165, 1.54) is 30.5 Å². The SMILES string of the molecule is C.CCCCOCC(COCCCC)(COCCCOS(=O)(=O)c1ccc(C)cc1)COCCCOS(=O)(=O)c1ccc(C)cc1.CCCCOCC(COCCCN)(COCCCN)COCCCN.Cc1ccc(S(C)(=O)=O)cc1.OCCCOCC(COCCCO)(COCCCO)COCCCO. The van der Waals surface area contributed by atoms with Gasteiger partial charge in [0.25, 0.3) is 20.2 Å². The normalized spacial score (nSPS) is 12.1. The lowest BCUT2D eigenvalue weighted by atomic mass is 9.92. The van der Waals surface area contributed by atoms with Gasteiger partial charge in [0.15, 0.2) is 9.84 Å². The second kappa shape index (κ2) is 68.3. The van der Waals surface area contributed by atoms with Crippen LogP contribution >= 0.6 is 0 Å². The zero-order chi connectivity index (χ0) is 78.8. The molecule has 0 heterocycles. The Labute approximate surface area is 644 Å². The van der Waals surface area contributed by atoms with Gasteiger partial charge in [0.1, 0.15) is 0 Å². The summed E-state index contributed by atoms with van der Waals surface area (Å²) < 4.78 is 152. The van der Waals surface area contributed by atoms with Crippen LogP contribution in [0.15, 0.2) is 87.5 Å². The Bertz CT molecular complexity index is 2560. The van der Waals surface area contributed by atoms with Crippen LogP contribution in [0, 0.1) is 37.0 Å².